The Bertz CT molecular complexity index is 546. The monoisotopic (exact) mass is 271 g/mol. The summed E-state index contributed by atoms with van der Waals surface area (Å²) in [5, 5.41) is 0. The minimum Gasteiger partial charge on any atom is -0.341 e. The Hall–Kier alpha value is -1.61. The third-order valence-electron chi connectivity index (χ3n) is 3.61. The number of imidazole rings is 1. The molecule has 1 aromatic carbocycles. The third kappa shape index (κ3) is 3.28. The van der Waals surface area contributed by atoms with Crippen molar-refractivity contribution in [1.82, 2.24) is 9.97 Å². The van der Waals surface area contributed by atoms with Crippen LogP contribution < -0.4 is 5.73 Å². The van der Waals surface area contributed by atoms with Crippen molar-refractivity contribution in [2.75, 3.05) is 0 Å². The maximum Gasteiger partial charge on any atom is 0.123 e. The first kappa shape index (κ1) is 14.8. The van der Waals surface area contributed by atoms with E-state index in [1.54, 1.807) is 0 Å². The number of rotatable bonds is 4. The molecule has 20 heavy (non-hydrogen) atoms. The lowest BCUT2D eigenvalue weighted by atomic mass is 9.86. The fourth-order valence-corrected chi connectivity index (χ4v) is 2.27. The number of aromatic nitrogens is 2. The van der Waals surface area contributed by atoms with Crippen LogP contribution in [0.1, 0.15) is 58.0 Å². The lowest BCUT2D eigenvalue weighted by Crippen LogP contribution is -2.11. The number of hydrogen-bond acceptors (Lipinski definition) is 2. The van der Waals surface area contributed by atoms with E-state index in [1.807, 2.05) is 6.20 Å². The van der Waals surface area contributed by atoms with E-state index in [0.717, 1.165) is 29.9 Å². The first-order valence-corrected chi connectivity index (χ1v) is 7.33. The highest BCUT2D eigenvalue weighted by molar-refractivity contribution is 5.59. The largest absolute Gasteiger partial charge is 0.341 e. The minimum atomic E-state index is 0.00241. The summed E-state index contributed by atoms with van der Waals surface area (Å²) in [6.45, 7) is 8.80. The highest BCUT2D eigenvalue weighted by atomic mass is 15.0. The van der Waals surface area contributed by atoms with Gasteiger partial charge in [0.15, 0.2) is 0 Å². The SMILES string of the molecule is CCCC(N)c1ncc(-c2ccc(C(C)(C)C)cc2)[nH]1. The molecule has 0 saturated carbocycles. The second kappa shape index (κ2) is 5.80. The van der Waals surface area contributed by atoms with Gasteiger partial charge in [-0.3, -0.25) is 0 Å². The summed E-state index contributed by atoms with van der Waals surface area (Å²) in [6, 6.07) is 8.65. The van der Waals surface area contributed by atoms with Crippen LogP contribution in [0.3, 0.4) is 0 Å². The van der Waals surface area contributed by atoms with Gasteiger partial charge in [-0.05, 0) is 23.0 Å². The van der Waals surface area contributed by atoms with E-state index in [4.69, 9.17) is 5.73 Å². The van der Waals surface area contributed by atoms with Crippen molar-refractivity contribution >= 4 is 0 Å². The lowest BCUT2D eigenvalue weighted by Gasteiger charge is -2.18. The Morgan fingerprint density at radius 3 is 2.40 bits per heavy atom. The van der Waals surface area contributed by atoms with Crippen LogP contribution in [0.4, 0.5) is 0 Å². The van der Waals surface area contributed by atoms with Gasteiger partial charge in [0.25, 0.3) is 0 Å². The minimum absolute atomic E-state index is 0.00241. The predicted molar refractivity (Wildman–Crippen MR) is 84.6 cm³/mol. The van der Waals surface area contributed by atoms with Crippen molar-refractivity contribution in [3.8, 4) is 11.3 Å². The molecule has 1 aromatic heterocycles. The molecule has 0 fully saturated rings. The highest BCUT2D eigenvalue weighted by Gasteiger charge is 2.14. The molecule has 0 aliphatic heterocycles. The van der Waals surface area contributed by atoms with Gasteiger partial charge in [0, 0.05) is 0 Å². The van der Waals surface area contributed by atoms with E-state index in [2.05, 4.69) is 61.9 Å². The number of nitrogens with zero attached hydrogens (tertiary/aromatic N) is 1. The molecular weight excluding hydrogens is 246 g/mol. The molecule has 108 valence electrons. The second-order valence-corrected chi connectivity index (χ2v) is 6.40. The van der Waals surface area contributed by atoms with Crippen LogP contribution in [0.15, 0.2) is 30.5 Å². The summed E-state index contributed by atoms with van der Waals surface area (Å²) in [7, 11) is 0. The van der Waals surface area contributed by atoms with E-state index >= 15 is 0 Å². The molecule has 0 amide bonds. The van der Waals surface area contributed by atoms with Crippen LogP contribution in [0.2, 0.25) is 0 Å². The van der Waals surface area contributed by atoms with E-state index in [9.17, 15) is 0 Å². The van der Waals surface area contributed by atoms with Gasteiger partial charge in [-0.25, -0.2) is 4.98 Å². The standard InChI is InChI=1S/C17H25N3/c1-5-6-14(18)16-19-11-15(20-16)12-7-9-13(10-8-12)17(2,3)4/h7-11,14H,5-6,18H2,1-4H3,(H,19,20). The molecule has 1 atom stereocenters. The Balaban J connectivity index is 2.20. The summed E-state index contributed by atoms with van der Waals surface area (Å²) < 4.78 is 0. The molecule has 1 heterocycles. The number of aromatic amines is 1. The molecule has 0 bridgehead atoms. The third-order valence-corrected chi connectivity index (χ3v) is 3.61. The molecule has 1 unspecified atom stereocenters. The number of H-pyrrole nitrogens is 1. The van der Waals surface area contributed by atoms with Crippen LogP contribution in [0, 0.1) is 0 Å². The summed E-state index contributed by atoms with van der Waals surface area (Å²) >= 11 is 0. The van der Waals surface area contributed by atoms with Gasteiger partial charge in [-0.15, -0.1) is 0 Å². The van der Waals surface area contributed by atoms with Crippen LogP contribution in [-0.4, -0.2) is 9.97 Å². The van der Waals surface area contributed by atoms with Crippen molar-refractivity contribution in [1.29, 1.82) is 0 Å². The van der Waals surface area contributed by atoms with E-state index in [1.165, 1.54) is 5.56 Å². The number of benzene rings is 1. The van der Waals surface area contributed by atoms with Gasteiger partial charge >= 0.3 is 0 Å². The van der Waals surface area contributed by atoms with E-state index in [0.29, 0.717) is 0 Å². The molecule has 2 aromatic rings. The number of nitrogens with two attached hydrogens (primary N) is 1. The first-order chi connectivity index (χ1) is 9.41. The molecule has 0 radical (unpaired) electrons. The maximum absolute atomic E-state index is 6.08. The quantitative estimate of drug-likeness (QED) is 0.876. The van der Waals surface area contributed by atoms with Gasteiger partial charge in [-0.1, -0.05) is 58.4 Å². The zero-order valence-corrected chi connectivity index (χ0v) is 12.9. The van der Waals surface area contributed by atoms with Crippen molar-refractivity contribution in [2.45, 2.75) is 52.0 Å². The normalized spacial score (nSPS) is 13.4. The highest BCUT2D eigenvalue weighted by Crippen LogP contribution is 2.26. The van der Waals surface area contributed by atoms with Crippen LogP contribution >= 0.6 is 0 Å². The van der Waals surface area contributed by atoms with Gasteiger partial charge in [0.05, 0.1) is 17.9 Å². The summed E-state index contributed by atoms with van der Waals surface area (Å²) in [6.07, 6.45) is 3.89. The topological polar surface area (TPSA) is 54.7 Å². The average molecular weight is 271 g/mol. The average Bonchev–Trinajstić information content (AvgIpc) is 2.88. The Morgan fingerprint density at radius 1 is 1.20 bits per heavy atom. The molecule has 0 aliphatic rings. The molecule has 0 spiro atoms. The first-order valence-electron chi connectivity index (χ1n) is 7.33. The summed E-state index contributed by atoms with van der Waals surface area (Å²) in [5.41, 5.74) is 9.79. The summed E-state index contributed by atoms with van der Waals surface area (Å²) in [4.78, 5) is 7.74. The Kier molecular flexibility index (Phi) is 4.29. The zero-order chi connectivity index (χ0) is 14.8. The molecule has 3 N–H and O–H groups in total. The molecular formula is C17H25N3. The van der Waals surface area contributed by atoms with Crippen molar-refractivity contribution in [2.24, 2.45) is 5.73 Å². The fourth-order valence-electron chi connectivity index (χ4n) is 2.27. The van der Waals surface area contributed by atoms with Crippen LogP contribution in [0.25, 0.3) is 11.3 Å². The van der Waals surface area contributed by atoms with E-state index in [-0.39, 0.29) is 11.5 Å². The molecule has 0 saturated heterocycles. The maximum atomic E-state index is 6.08. The van der Waals surface area contributed by atoms with Crippen molar-refractivity contribution < 1.29 is 0 Å². The smallest absolute Gasteiger partial charge is 0.123 e. The fraction of sp³-hybridized carbons (Fsp3) is 0.471. The van der Waals surface area contributed by atoms with Gasteiger partial charge in [0.1, 0.15) is 5.82 Å². The Labute approximate surface area is 121 Å². The Morgan fingerprint density at radius 2 is 1.85 bits per heavy atom. The summed E-state index contributed by atoms with van der Waals surface area (Å²) in [5.74, 6) is 0.877. The second-order valence-electron chi connectivity index (χ2n) is 6.40. The van der Waals surface area contributed by atoms with Crippen LogP contribution in [0.5, 0.6) is 0 Å². The van der Waals surface area contributed by atoms with Crippen molar-refractivity contribution in [3.63, 3.8) is 0 Å². The van der Waals surface area contributed by atoms with Crippen molar-refractivity contribution in [3.05, 3.63) is 41.9 Å². The number of nitrogens with one attached hydrogen (secondary N) is 1. The predicted octanol–water partition coefficient (Wildman–Crippen LogP) is 4.17. The van der Waals surface area contributed by atoms with Gasteiger partial charge in [0.2, 0.25) is 0 Å². The van der Waals surface area contributed by atoms with Gasteiger partial charge in [-0.2, -0.15) is 0 Å². The van der Waals surface area contributed by atoms with Crippen LogP contribution in [-0.2, 0) is 5.41 Å². The number of hydrogen-bond donors (Lipinski definition) is 2. The van der Waals surface area contributed by atoms with E-state index < -0.39 is 0 Å². The molecule has 3 heteroatoms. The molecule has 2 rings (SSSR count). The molecule has 3 nitrogen and oxygen atoms in total. The molecule has 0 aliphatic carbocycles. The van der Waals surface area contributed by atoms with Gasteiger partial charge < -0.3 is 10.7 Å². The zero-order valence-electron chi connectivity index (χ0n) is 12.9. The lowest BCUT2D eigenvalue weighted by molar-refractivity contribution is 0.590.